The first-order valence-corrected chi connectivity index (χ1v) is 7.01. The average Bonchev–Trinajstić information content (AvgIpc) is 2.43. The molecule has 1 atom stereocenters. The molecule has 1 aromatic rings. The predicted octanol–water partition coefficient (Wildman–Crippen LogP) is 1.17. The number of amides is 1. The molecule has 1 aromatic carbocycles. The Hall–Kier alpha value is -1.75. The van der Waals surface area contributed by atoms with Crippen LogP contribution in [0.1, 0.15) is 19.3 Å². The molecule has 1 aliphatic heterocycles. The monoisotopic (exact) mass is 276 g/mol. The number of benzene rings is 1. The minimum atomic E-state index is -0.651. The Morgan fingerprint density at radius 2 is 2.10 bits per heavy atom. The lowest BCUT2D eigenvalue weighted by Gasteiger charge is -2.40. The van der Waals surface area contributed by atoms with Crippen LogP contribution >= 0.6 is 0 Å². The Morgan fingerprint density at radius 3 is 2.75 bits per heavy atom. The maximum Gasteiger partial charge on any atom is 0.242 e. The van der Waals surface area contributed by atoms with Gasteiger partial charge in [-0.15, -0.1) is 0 Å². The standard InChI is InChI=1S/C15H20N2O3/c1-17(14(18)15(16)7-4-8-15)9-11-10-19-12-5-2-3-6-13(12)20-11/h2-3,5-6,11H,4,7-10,16H2,1H3. The maximum atomic E-state index is 12.3. The second-order valence-electron chi connectivity index (χ2n) is 5.69. The summed E-state index contributed by atoms with van der Waals surface area (Å²) in [6.07, 6.45) is 2.44. The number of hydrogen-bond donors (Lipinski definition) is 1. The molecule has 2 aliphatic rings. The van der Waals surface area contributed by atoms with E-state index in [1.54, 1.807) is 11.9 Å². The number of para-hydroxylation sites is 2. The van der Waals surface area contributed by atoms with Crippen molar-refractivity contribution < 1.29 is 14.3 Å². The van der Waals surface area contributed by atoms with Gasteiger partial charge in [-0.1, -0.05) is 12.1 Å². The molecular formula is C15H20N2O3. The normalized spacial score (nSPS) is 22.8. The summed E-state index contributed by atoms with van der Waals surface area (Å²) in [7, 11) is 1.78. The SMILES string of the molecule is CN(CC1COc2ccccc2O1)C(=O)C1(N)CCC1. The molecule has 3 rings (SSSR count). The largest absolute Gasteiger partial charge is 0.486 e. The fourth-order valence-corrected chi connectivity index (χ4v) is 2.69. The molecule has 1 aliphatic carbocycles. The van der Waals surface area contributed by atoms with Gasteiger partial charge < -0.3 is 20.1 Å². The smallest absolute Gasteiger partial charge is 0.242 e. The van der Waals surface area contributed by atoms with E-state index in [9.17, 15) is 4.79 Å². The number of nitrogens with zero attached hydrogens (tertiary/aromatic N) is 1. The van der Waals surface area contributed by atoms with E-state index in [-0.39, 0.29) is 12.0 Å². The van der Waals surface area contributed by atoms with Crippen LogP contribution in [0.15, 0.2) is 24.3 Å². The van der Waals surface area contributed by atoms with Crippen molar-refractivity contribution in [1.29, 1.82) is 0 Å². The summed E-state index contributed by atoms with van der Waals surface area (Å²) in [5.74, 6) is 1.49. The second-order valence-corrected chi connectivity index (χ2v) is 5.69. The number of carbonyl (C=O) groups excluding carboxylic acids is 1. The van der Waals surface area contributed by atoms with Crippen LogP contribution in [0.5, 0.6) is 11.5 Å². The third kappa shape index (κ3) is 2.33. The first-order valence-electron chi connectivity index (χ1n) is 7.01. The molecule has 20 heavy (non-hydrogen) atoms. The fourth-order valence-electron chi connectivity index (χ4n) is 2.69. The molecular weight excluding hydrogens is 256 g/mol. The van der Waals surface area contributed by atoms with Crippen LogP contribution in [0.25, 0.3) is 0 Å². The molecule has 1 saturated carbocycles. The number of nitrogens with two attached hydrogens (primary N) is 1. The molecule has 1 fully saturated rings. The number of carbonyl (C=O) groups is 1. The summed E-state index contributed by atoms with van der Waals surface area (Å²) in [6, 6.07) is 7.57. The van der Waals surface area contributed by atoms with Gasteiger partial charge in [-0.05, 0) is 31.4 Å². The number of fused-ring (bicyclic) bond motifs is 1. The van der Waals surface area contributed by atoms with Crippen LogP contribution in [0, 0.1) is 0 Å². The molecule has 1 amide bonds. The van der Waals surface area contributed by atoms with Crippen LogP contribution in [-0.2, 0) is 4.79 Å². The van der Waals surface area contributed by atoms with Crippen molar-refractivity contribution in [2.24, 2.45) is 5.73 Å². The second kappa shape index (κ2) is 4.98. The lowest BCUT2D eigenvalue weighted by molar-refractivity contribution is -0.140. The highest BCUT2D eigenvalue weighted by Crippen LogP contribution is 2.32. The molecule has 108 valence electrons. The van der Waals surface area contributed by atoms with E-state index >= 15 is 0 Å². The summed E-state index contributed by atoms with van der Waals surface area (Å²) < 4.78 is 11.5. The van der Waals surface area contributed by atoms with Crippen LogP contribution in [0.2, 0.25) is 0 Å². The Morgan fingerprint density at radius 1 is 1.40 bits per heavy atom. The third-order valence-electron chi connectivity index (χ3n) is 4.06. The van der Waals surface area contributed by atoms with Gasteiger partial charge >= 0.3 is 0 Å². The van der Waals surface area contributed by atoms with Crippen LogP contribution in [-0.4, -0.2) is 42.6 Å². The predicted molar refractivity (Wildman–Crippen MR) is 74.8 cm³/mol. The number of likely N-dealkylation sites (N-methyl/N-ethyl adjacent to an activating group) is 1. The fraction of sp³-hybridized carbons (Fsp3) is 0.533. The van der Waals surface area contributed by atoms with Crippen molar-refractivity contribution in [2.75, 3.05) is 20.2 Å². The Kier molecular flexibility index (Phi) is 3.30. The number of ether oxygens (including phenoxy) is 2. The van der Waals surface area contributed by atoms with Gasteiger partial charge in [0.05, 0.1) is 12.1 Å². The van der Waals surface area contributed by atoms with E-state index in [1.807, 2.05) is 24.3 Å². The number of hydrogen-bond acceptors (Lipinski definition) is 4. The minimum absolute atomic E-state index is 0.00575. The van der Waals surface area contributed by atoms with Gasteiger partial charge in [0.25, 0.3) is 0 Å². The van der Waals surface area contributed by atoms with Gasteiger partial charge in [-0.25, -0.2) is 0 Å². The Balaban J connectivity index is 1.60. The van der Waals surface area contributed by atoms with E-state index < -0.39 is 5.54 Å². The lowest BCUT2D eigenvalue weighted by atomic mass is 9.76. The zero-order valence-corrected chi connectivity index (χ0v) is 11.7. The minimum Gasteiger partial charge on any atom is -0.486 e. The van der Waals surface area contributed by atoms with Gasteiger partial charge in [0, 0.05) is 7.05 Å². The highest BCUT2D eigenvalue weighted by molar-refractivity contribution is 5.86. The first kappa shape index (κ1) is 13.2. The highest BCUT2D eigenvalue weighted by Gasteiger charge is 2.42. The van der Waals surface area contributed by atoms with Crippen molar-refractivity contribution in [3.63, 3.8) is 0 Å². The van der Waals surface area contributed by atoms with Crippen molar-refractivity contribution in [1.82, 2.24) is 4.90 Å². The zero-order valence-electron chi connectivity index (χ0n) is 11.7. The van der Waals surface area contributed by atoms with Crippen LogP contribution in [0.4, 0.5) is 0 Å². The maximum absolute atomic E-state index is 12.3. The van der Waals surface area contributed by atoms with E-state index in [2.05, 4.69) is 0 Å². The Labute approximate surface area is 118 Å². The summed E-state index contributed by atoms with van der Waals surface area (Å²) in [5.41, 5.74) is 5.42. The molecule has 5 nitrogen and oxygen atoms in total. The van der Waals surface area contributed by atoms with Crippen LogP contribution < -0.4 is 15.2 Å². The van der Waals surface area contributed by atoms with E-state index in [4.69, 9.17) is 15.2 Å². The van der Waals surface area contributed by atoms with Gasteiger partial charge in [0.2, 0.25) is 5.91 Å². The highest BCUT2D eigenvalue weighted by atomic mass is 16.6. The molecule has 0 spiro atoms. The molecule has 1 heterocycles. The lowest BCUT2D eigenvalue weighted by Crippen LogP contribution is -2.60. The van der Waals surface area contributed by atoms with Gasteiger partial charge in [-0.3, -0.25) is 4.79 Å². The van der Waals surface area contributed by atoms with Crippen LogP contribution in [0.3, 0.4) is 0 Å². The summed E-state index contributed by atoms with van der Waals surface area (Å²) in [4.78, 5) is 13.9. The zero-order chi connectivity index (χ0) is 14.2. The quantitative estimate of drug-likeness (QED) is 0.900. The molecule has 0 saturated heterocycles. The Bertz CT molecular complexity index is 514. The van der Waals surface area contributed by atoms with Crippen molar-refractivity contribution in [2.45, 2.75) is 30.9 Å². The molecule has 0 aromatic heterocycles. The summed E-state index contributed by atoms with van der Waals surface area (Å²) in [5, 5.41) is 0. The van der Waals surface area contributed by atoms with Gasteiger partial charge in [-0.2, -0.15) is 0 Å². The van der Waals surface area contributed by atoms with Crippen molar-refractivity contribution >= 4 is 5.91 Å². The van der Waals surface area contributed by atoms with Gasteiger partial charge in [0.1, 0.15) is 6.61 Å². The summed E-state index contributed by atoms with van der Waals surface area (Å²) >= 11 is 0. The molecule has 1 unspecified atom stereocenters. The molecule has 0 radical (unpaired) electrons. The average molecular weight is 276 g/mol. The molecule has 2 N–H and O–H groups in total. The number of rotatable bonds is 3. The van der Waals surface area contributed by atoms with Crippen molar-refractivity contribution in [3.8, 4) is 11.5 Å². The van der Waals surface area contributed by atoms with Gasteiger partial charge in [0.15, 0.2) is 17.6 Å². The summed E-state index contributed by atoms with van der Waals surface area (Å²) in [6.45, 7) is 0.943. The molecule has 0 bridgehead atoms. The van der Waals surface area contributed by atoms with E-state index in [0.29, 0.717) is 13.2 Å². The van der Waals surface area contributed by atoms with E-state index in [1.165, 1.54) is 0 Å². The van der Waals surface area contributed by atoms with E-state index in [0.717, 1.165) is 30.8 Å². The third-order valence-corrected chi connectivity index (χ3v) is 4.06. The topological polar surface area (TPSA) is 64.8 Å². The molecule has 5 heteroatoms. The first-order chi connectivity index (χ1) is 9.58. The van der Waals surface area contributed by atoms with Crippen molar-refractivity contribution in [3.05, 3.63) is 24.3 Å².